The molecule has 12 nitrogen and oxygen atoms in total. The fourth-order valence-corrected chi connectivity index (χ4v) is 6.98. The van der Waals surface area contributed by atoms with E-state index in [0.29, 0.717) is 18.6 Å². The number of amides is 3. The topological polar surface area (TPSA) is 179 Å². The highest BCUT2D eigenvalue weighted by molar-refractivity contribution is 7.98. The third-order valence-electron chi connectivity index (χ3n) is 7.00. The smallest absolute Gasteiger partial charge is 0.416 e. The van der Waals surface area contributed by atoms with Crippen LogP contribution in [-0.2, 0) is 25.5 Å². The average molecular weight is 685 g/mol. The maximum atomic E-state index is 13.4. The number of hydrogen-bond acceptors (Lipinski definition) is 8. The van der Waals surface area contributed by atoms with E-state index in [0.717, 1.165) is 11.0 Å². The van der Waals surface area contributed by atoms with Gasteiger partial charge in [-0.05, 0) is 100 Å². The highest BCUT2D eigenvalue weighted by Crippen LogP contribution is 2.33. The van der Waals surface area contributed by atoms with Gasteiger partial charge in [0.25, 0.3) is 5.91 Å². The van der Waals surface area contributed by atoms with Gasteiger partial charge in [0.15, 0.2) is 9.84 Å². The van der Waals surface area contributed by atoms with Crippen molar-refractivity contribution < 1.29 is 40.7 Å². The quantitative estimate of drug-likeness (QED) is 0.120. The molecule has 0 radical (unpaired) electrons. The van der Waals surface area contributed by atoms with Crippen LogP contribution < -0.4 is 16.0 Å². The van der Waals surface area contributed by atoms with Gasteiger partial charge < -0.3 is 15.4 Å². The fourth-order valence-electron chi connectivity index (χ4n) is 4.90. The third kappa shape index (κ3) is 10.6. The summed E-state index contributed by atoms with van der Waals surface area (Å²) in [6, 6.07) is 7.36. The van der Waals surface area contributed by atoms with Crippen molar-refractivity contribution in [3.05, 3.63) is 64.0 Å². The van der Waals surface area contributed by atoms with Gasteiger partial charge in [-0.1, -0.05) is 5.11 Å². The lowest BCUT2D eigenvalue weighted by Crippen LogP contribution is -2.49. The number of nitrogens with one attached hydrogen (secondary N) is 3. The average Bonchev–Trinajstić information content (AvgIpc) is 2.96. The largest absolute Gasteiger partial charge is 0.444 e. The summed E-state index contributed by atoms with van der Waals surface area (Å²) in [5.41, 5.74) is 6.00. The summed E-state index contributed by atoms with van der Waals surface area (Å²) in [6.45, 7) is 4.08. The molecule has 1 saturated carbocycles. The second kappa shape index (κ2) is 15.1. The molecule has 1 aliphatic rings. The molecule has 0 aromatic heterocycles. The van der Waals surface area contributed by atoms with E-state index in [1.54, 1.807) is 32.9 Å². The van der Waals surface area contributed by atoms with E-state index in [9.17, 15) is 36.0 Å². The lowest BCUT2D eigenvalue weighted by molar-refractivity contribution is -0.137. The number of benzene rings is 2. The monoisotopic (exact) mass is 684 g/mol. The summed E-state index contributed by atoms with van der Waals surface area (Å²) in [6.07, 6.45) is -3.09. The molecule has 17 heteroatoms. The Balaban J connectivity index is 1.74. The molecule has 3 N–H and O–H groups in total. The van der Waals surface area contributed by atoms with Crippen molar-refractivity contribution >= 4 is 45.2 Å². The molecular formula is C29H35F3N6O6S2. The number of carbonyl (C=O) groups excluding carboxylic acids is 3. The SMILES string of the molecule is CSc1ccc(S(=O)(=O)CC2CC(N=[N+]=[N-])CCC2NC(=O)CNC(=O)c2cc(C(F)(F)F)ccc2NC(=O)OC(C)(C)C)cc1. The Labute approximate surface area is 268 Å². The predicted octanol–water partition coefficient (Wildman–Crippen LogP) is 5.94. The molecule has 0 spiro atoms. The van der Waals surface area contributed by atoms with E-state index in [1.807, 2.05) is 6.26 Å². The van der Waals surface area contributed by atoms with Crippen molar-refractivity contribution in [2.24, 2.45) is 11.0 Å². The number of carbonyl (C=O) groups is 3. The van der Waals surface area contributed by atoms with Crippen LogP contribution in [0.3, 0.4) is 0 Å². The molecule has 3 amide bonds. The molecule has 2 aromatic rings. The van der Waals surface area contributed by atoms with E-state index in [-0.39, 0.29) is 29.2 Å². The lowest BCUT2D eigenvalue weighted by Gasteiger charge is -2.35. The lowest BCUT2D eigenvalue weighted by atomic mass is 9.83. The zero-order valence-electron chi connectivity index (χ0n) is 25.6. The maximum Gasteiger partial charge on any atom is 0.416 e. The number of hydrogen-bond donors (Lipinski definition) is 3. The molecular weight excluding hydrogens is 649 g/mol. The van der Waals surface area contributed by atoms with E-state index in [1.165, 1.54) is 23.9 Å². The number of thioether (sulfide) groups is 1. The molecule has 46 heavy (non-hydrogen) atoms. The first-order chi connectivity index (χ1) is 21.4. The summed E-state index contributed by atoms with van der Waals surface area (Å²) in [4.78, 5) is 42.0. The van der Waals surface area contributed by atoms with Gasteiger partial charge in [-0.2, -0.15) is 13.2 Å². The number of azide groups is 1. The Morgan fingerprint density at radius 1 is 1.09 bits per heavy atom. The molecule has 0 bridgehead atoms. The first kappa shape index (κ1) is 36.5. The highest BCUT2D eigenvalue weighted by Gasteiger charge is 2.35. The zero-order valence-corrected chi connectivity index (χ0v) is 27.2. The van der Waals surface area contributed by atoms with Crippen LogP contribution in [0.15, 0.2) is 57.4 Å². The van der Waals surface area contributed by atoms with Gasteiger partial charge in [0, 0.05) is 21.9 Å². The second-order valence-corrected chi connectivity index (χ2v) is 14.5. The van der Waals surface area contributed by atoms with Gasteiger partial charge in [-0.3, -0.25) is 14.9 Å². The van der Waals surface area contributed by atoms with Crippen molar-refractivity contribution in [1.82, 2.24) is 10.6 Å². The van der Waals surface area contributed by atoms with E-state index < -0.39 is 75.2 Å². The van der Waals surface area contributed by atoms with Crippen LogP contribution in [0.4, 0.5) is 23.7 Å². The van der Waals surface area contributed by atoms with Gasteiger partial charge in [-0.25, -0.2) is 13.2 Å². The Morgan fingerprint density at radius 2 is 1.76 bits per heavy atom. The first-order valence-corrected chi connectivity index (χ1v) is 17.0. The summed E-state index contributed by atoms with van der Waals surface area (Å²) in [7, 11) is -3.80. The number of sulfone groups is 1. The van der Waals surface area contributed by atoms with Crippen LogP contribution >= 0.6 is 11.8 Å². The molecule has 2 aromatic carbocycles. The predicted molar refractivity (Wildman–Crippen MR) is 166 cm³/mol. The van der Waals surface area contributed by atoms with E-state index in [4.69, 9.17) is 10.3 Å². The van der Waals surface area contributed by atoms with Gasteiger partial charge in [0.05, 0.1) is 34.0 Å². The molecule has 3 unspecified atom stereocenters. The summed E-state index contributed by atoms with van der Waals surface area (Å²) < 4.78 is 71.9. The Bertz CT molecular complexity index is 1590. The van der Waals surface area contributed by atoms with Crippen molar-refractivity contribution in [2.75, 3.05) is 23.9 Å². The van der Waals surface area contributed by atoms with Crippen LogP contribution in [0.25, 0.3) is 10.4 Å². The van der Waals surface area contributed by atoms with Crippen LogP contribution in [0, 0.1) is 5.92 Å². The number of alkyl halides is 3. The van der Waals surface area contributed by atoms with Crippen LogP contribution in [-0.4, -0.2) is 62.6 Å². The standard InChI is InChI=1S/C29H35F3N6O6S2/c1-28(2,3)44-27(41)36-24-11-5-18(29(30,31)32)14-22(24)26(40)34-15-25(39)35-23-12-6-19(37-38-33)13-17(23)16-46(42,43)21-9-7-20(45-4)8-10-21/h5,7-11,14,17,19,23H,6,12-13,15-16H2,1-4H3,(H,34,40)(H,35,39)(H,36,41). The number of nitrogens with zero attached hydrogens (tertiary/aromatic N) is 3. The fraction of sp³-hybridized carbons (Fsp3) is 0.483. The second-order valence-electron chi connectivity index (χ2n) is 11.6. The normalized spacial score (nSPS) is 18.5. The Kier molecular flexibility index (Phi) is 12.0. The van der Waals surface area contributed by atoms with Gasteiger partial charge in [0.2, 0.25) is 5.91 Å². The zero-order chi connectivity index (χ0) is 34.3. The number of anilines is 1. The maximum absolute atomic E-state index is 13.4. The minimum atomic E-state index is -4.79. The van der Waals surface area contributed by atoms with Gasteiger partial charge >= 0.3 is 12.3 Å². The highest BCUT2D eigenvalue weighted by atomic mass is 32.2. The summed E-state index contributed by atoms with van der Waals surface area (Å²) in [5, 5.41) is 11.0. The number of ether oxygens (including phenoxy) is 1. The molecule has 1 fully saturated rings. The minimum Gasteiger partial charge on any atom is -0.444 e. The van der Waals surface area contributed by atoms with Gasteiger partial charge in [-0.15, -0.1) is 11.8 Å². The van der Waals surface area contributed by atoms with E-state index in [2.05, 4.69) is 26.0 Å². The summed E-state index contributed by atoms with van der Waals surface area (Å²) in [5.74, 6) is -2.78. The molecule has 0 aliphatic heterocycles. The van der Waals surface area contributed by atoms with Crippen molar-refractivity contribution in [2.45, 2.75) is 73.7 Å². The number of halogens is 3. The van der Waals surface area contributed by atoms with Crippen molar-refractivity contribution in [3.8, 4) is 0 Å². The van der Waals surface area contributed by atoms with Crippen LogP contribution in [0.5, 0.6) is 0 Å². The molecule has 3 atom stereocenters. The van der Waals surface area contributed by atoms with Crippen molar-refractivity contribution in [1.29, 1.82) is 0 Å². The van der Waals surface area contributed by atoms with Crippen LogP contribution in [0.2, 0.25) is 0 Å². The molecule has 1 aliphatic carbocycles. The molecule has 3 rings (SSSR count). The Morgan fingerprint density at radius 3 is 2.35 bits per heavy atom. The minimum absolute atomic E-state index is 0.102. The van der Waals surface area contributed by atoms with Crippen LogP contribution in [0.1, 0.15) is 56.0 Å². The molecule has 0 heterocycles. The van der Waals surface area contributed by atoms with E-state index >= 15 is 0 Å². The van der Waals surface area contributed by atoms with Crippen molar-refractivity contribution in [3.63, 3.8) is 0 Å². The molecule has 0 saturated heterocycles. The van der Waals surface area contributed by atoms with Gasteiger partial charge in [0.1, 0.15) is 5.60 Å². The Hall–Kier alpha value is -3.95. The number of rotatable bonds is 10. The molecule has 250 valence electrons. The third-order valence-corrected chi connectivity index (χ3v) is 9.61. The first-order valence-electron chi connectivity index (χ1n) is 14.1. The summed E-state index contributed by atoms with van der Waals surface area (Å²) >= 11 is 1.46.